The fourth-order valence-corrected chi connectivity index (χ4v) is 4.03. The highest BCUT2D eigenvalue weighted by Crippen LogP contribution is 2.27. The van der Waals surface area contributed by atoms with Crippen LogP contribution in [-0.2, 0) is 19.1 Å². The number of nitrogens with zero attached hydrogens (tertiary/aromatic N) is 1. The summed E-state index contributed by atoms with van der Waals surface area (Å²) >= 11 is 0. The SMILES string of the molecule is CCCCCN(C(=O)C(CC(N)=O)NC(=O)OC(C)(C)C)C(C(=O)NC(C)(C)C)c1cc(C)cc(C)c1. The summed E-state index contributed by atoms with van der Waals surface area (Å²) in [7, 11) is 0. The Bertz CT molecular complexity index is 942. The standard InChI is InChI=1S/C28H46N4O5/c1-10-11-12-13-32(25(35)21(17-22(29)33)30-26(36)37-28(7,8)9)23(24(34)31-27(4,5)6)20-15-18(2)14-19(3)16-20/h14-16,21,23H,10-13,17H2,1-9H3,(H2,29,33)(H,30,36)(H,31,34). The lowest BCUT2D eigenvalue weighted by Gasteiger charge is -2.36. The first-order valence-electron chi connectivity index (χ1n) is 12.9. The van der Waals surface area contributed by atoms with E-state index >= 15 is 0 Å². The topological polar surface area (TPSA) is 131 Å². The van der Waals surface area contributed by atoms with E-state index in [4.69, 9.17) is 10.5 Å². The van der Waals surface area contributed by atoms with Crippen molar-refractivity contribution in [3.05, 3.63) is 34.9 Å². The van der Waals surface area contributed by atoms with Crippen molar-refractivity contribution in [3.63, 3.8) is 0 Å². The van der Waals surface area contributed by atoms with Crippen LogP contribution in [-0.4, -0.2) is 52.4 Å². The van der Waals surface area contributed by atoms with Crippen molar-refractivity contribution < 1.29 is 23.9 Å². The summed E-state index contributed by atoms with van der Waals surface area (Å²) in [5.41, 5.74) is 6.64. The van der Waals surface area contributed by atoms with Gasteiger partial charge in [0.25, 0.3) is 0 Å². The first kappa shape index (κ1) is 31.9. The monoisotopic (exact) mass is 518 g/mol. The summed E-state index contributed by atoms with van der Waals surface area (Å²) in [6, 6.07) is 3.49. The number of alkyl carbamates (subject to hydrolysis) is 1. The van der Waals surface area contributed by atoms with Gasteiger partial charge in [-0.15, -0.1) is 0 Å². The van der Waals surface area contributed by atoms with Crippen LogP contribution in [0.5, 0.6) is 0 Å². The molecule has 0 aromatic heterocycles. The molecule has 0 saturated carbocycles. The van der Waals surface area contributed by atoms with Crippen molar-refractivity contribution in [3.8, 4) is 0 Å². The molecule has 0 fully saturated rings. The Morgan fingerprint density at radius 1 is 0.973 bits per heavy atom. The minimum atomic E-state index is -1.29. The molecule has 2 atom stereocenters. The van der Waals surface area contributed by atoms with Gasteiger partial charge < -0.3 is 26.0 Å². The van der Waals surface area contributed by atoms with Crippen LogP contribution in [0, 0.1) is 13.8 Å². The van der Waals surface area contributed by atoms with Crippen LogP contribution >= 0.6 is 0 Å². The summed E-state index contributed by atoms with van der Waals surface area (Å²) in [6.45, 7) is 16.8. The third-order valence-corrected chi connectivity index (χ3v) is 5.30. The minimum absolute atomic E-state index is 0.257. The smallest absolute Gasteiger partial charge is 0.408 e. The molecule has 4 amide bonds. The summed E-state index contributed by atoms with van der Waals surface area (Å²) in [6.07, 6.45) is 1.11. The molecule has 0 spiro atoms. The maximum absolute atomic E-state index is 14.0. The van der Waals surface area contributed by atoms with Gasteiger partial charge in [0.05, 0.1) is 6.42 Å². The first-order valence-corrected chi connectivity index (χ1v) is 12.9. The third-order valence-electron chi connectivity index (χ3n) is 5.30. The van der Waals surface area contributed by atoms with E-state index in [-0.39, 0.29) is 12.5 Å². The number of nitrogens with one attached hydrogen (secondary N) is 2. The highest BCUT2D eigenvalue weighted by molar-refractivity contribution is 5.94. The van der Waals surface area contributed by atoms with E-state index in [0.29, 0.717) is 12.0 Å². The molecule has 2 unspecified atom stereocenters. The largest absolute Gasteiger partial charge is 0.444 e. The summed E-state index contributed by atoms with van der Waals surface area (Å²) in [5.74, 6) is -1.68. The predicted molar refractivity (Wildman–Crippen MR) is 145 cm³/mol. The molecular weight excluding hydrogens is 472 g/mol. The molecule has 0 saturated heterocycles. The number of rotatable bonds is 11. The van der Waals surface area contributed by atoms with Crippen LogP contribution in [0.15, 0.2) is 18.2 Å². The second-order valence-corrected chi connectivity index (χ2v) is 11.7. The van der Waals surface area contributed by atoms with Gasteiger partial charge in [-0.2, -0.15) is 0 Å². The molecule has 4 N–H and O–H groups in total. The van der Waals surface area contributed by atoms with Crippen molar-refractivity contribution in [2.24, 2.45) is 5.73 Å². The Labute approximate surface area is 221 Å². The molecule has 0 aliphatic heterocycles. The van der Waals surface area contributed by atoms with Crippen LogP contribution in [0.25, 0.3) is 0 Å². The first-order chi connectivity index (χ1) is 16.9. The molecule has 0 aliphatic rings. The number of aryl methyl sites for hydroxylation is 2. The molecule has 0 aliphatic carbocycles. The van der Waals surface area contributed by atoms with Gasteiger partial charge in [0, 0.05) is 12.1 Å². The second-order valence-electron chi connectivity index (χ2n) is 11.7. The lowest BCUT2D eigenvalue weighted by atomic mass is 9.96. The molecule has 1 aromatic rings. The number of primary amides is 1. The molecule has 0 heterocycles. The van der Waals surface area contributed by atoms with E-state index in [1.807, 2.05) is 59.7 Å². The van der Waals surface area contributed by atoms with E-state index in [0.717, 1.165) is 24.0 Å². The lowest BCUT2D eigenvalue weighted by molar-refractivity contribution is -0.144. The fourth-order valence-electron chi connectivity index (χ4n) is 4.03. The molecule has 9 nitrogen and oxygen atoms in total. The Morgan fingerprint density at radius 3 is 2.00 bits per heavy atom. The third kappa shape index (κ3) is 11.7. The fraction of sp³-hybridized carbons (Fsp3) is 0.643. The Morgan fingerprint density at radius 2 is 1.54 bits per heavy atom. The highest BCUT2D eigenvalue weighted by atomic mass is 16.6. The minimum Gasteiger partial charge on any atom is -0.444 e. The Hall–Kier alpha value is -3.10. The number of unbranched alkanes of at least 4 members (excludes halogenated alkanes) is 2. The molecule has 208 valence electrons. The summed E-state index contributed by atoms with van der Waals surface area (Å²) in [4.78, 5) is 53.6. The average molecular weight is 519 g/mol. The van der Waals surface area contributed by atoms with Crippen LogP contribution in [0.4, 0.5) is 4.79 Å². The van der Waals surface area contributed by atoms with Crippen LogP contribution in [0.3, 0.4) is 0 Å². The molecular formula is C28H46N4O5. The number of carbonyl (C=O) groups is 4. The molecule has 1 rings (SSSR count). The molecule has 0 bridgehead atoms. The van der Waals surface area contributed by atoms with Gasteiger partial charge in [-0.1, -0.05) is 49.1 Å². The van der Waals surface area contributed by atoms with Gasteiger partial charge in [-0.25, -0.2) is 4.79 Å². The molecule has 37 heavy (non-hydrogen) atoms. The van der Waals surface area contributed by atoms with Gasteiger partial charge >= 0.3 is 6.09 Å². The van der Waals surface area contributed by atoms with E-state index in [1.54, 1.807) is 20.8 Å². The predicted octanol–water partition coefficient (Wildman–Crippen LogP) is 4.05. The van der Waals surface area contributed by atoms with Gasteiger partial charge in [0.1, 0.15) is 17.7 Å². The van der Waals surface area contributed by atoms with Crippen LogP contribution in [0.1, 0.15) is 96.9 Å². The summed E-state index contributed by atoms with van der Waals surface area (Å²) in [5, 5.41) is 5.50. The highest BCUT2D eigenvalue weighted by Gasteiger charge is 2.37. The van der Waals surface area contributed by atoms with Crippen LogP contribution in [0.2, 0.25) is 0 Å². The Balaban J connectivity index is 3.60. The zero-order valence-electron chi connectivity index (χ0n) is 24.0. The van der Waals surface area contributed by atoms with E-state index in [2.05, 4.69) is 10.6 Å². The maximum Gasteiger partial charge on any atom is 0.408 e. The van der Waals surface area contributed by atoms with Crippen molar-refractivity contribution in [1.29, 1.82) is 0 Å². The van der Waals surface area contributed by atoms with Gasteiger partial charge in [-0.3, -0.25) is 14.4 Å². The normalized spacial score (nSPS) is 13.3. The number of ether oxygens (including phenoxy) is 1. The lowest BCUT2D eigenvalue weighted by Crippen LogP contribution is -2.55. The number of nitrogens with two attached hydrogens (primary N) is 1. The van der Waals surface area contributed by atoms with E-state index < -0.39 is 47.6 Å². The zero-order chi connectivity index (χ0) is 28.6. The molecule has 9 heteroatoms. The average Bonchev–Trinajstić information content (AvgIpc) is 2.68. The molecule has 1 aromatic carbocycles. The number of hydrogen-bond donors (Lipinski definition) is 3. The van der Waals surface area contributed by atoms with Crippen molar-refractivity contribution in [1.82, 2.24) is 15.5 Å². The van der Waals surface area contributed by atoms with E-state index in [1.165, 1.54) is 4.90 Å². The molecule has 0 radical (unpaired) electrons. The van der Waals surface area contributed by atoms with E-state index in [9.17, 15) is 19.2 Å². The number of carbonyl (C=O) groups excluding carboxylic acids is 4. The number of hydrogen-bond acceptors (Lipinski definition) is 5. The van der Waals surface area contributed by atoms with Gasteiger partial charge in [-0.05, 0) is 67.4 Å². The number of benzene rings is 1. The second kappa shape index (κ2) is 13.4. The maximum atomic E-state index is 14.0. The van der Waals surface area contributed by atoms with Gasteiger partial charge in [0.15, 0.2) is 0 Å². The Kier molecular flexibility index (Phi) is 11.6. The van der Waals surface area contributed by atoms with Crippen molar-refractivity contribution in [2.45, 2.75) is 111 Å². The van der Waals surface area contributed by atoms with Gasteiger partial charge in [0.2, 0.25) is 17.7 Å². The van der Waals surface area contributed by atoms with Crippen molar-refractivity contribution in [2.75, 3.05) is 6.54 Å². The number of amides is 4. The van der Waals surface area contributed by atoms with Crippen LogP contribution < -0.4 is 16.4 Å². The quantitative estimate of drug-likeness (QED) is 0.381. The summed E-state index contributed by atoms with van der Waals surface area (Å²) < 4.78 is 5.32. The van der Waals surface area contributed by atoms with Crippen molar-refractivity contribution >= 4 is 23.8 Å². The zero-order valence-corrected chi connectivity index (χ0v) is 24.0.